The monoisotopic (exact) mass is 398 g/mol. The minimum Gasteiger partial charge on any atom is -0.496 e. The van der Waals surface area contributed by atoms with E-state index in [4.69, 9.17) is 9.47 Å². The van der Waals surface area contributed by atoms with Crippen molar-refractivity contribution in [1.29, 1.82) is 0 Å². The molecule has 154 valence electrons. The number of ether oxygens (including phenoxy) is 2. The van der Waals surface area contributed by atoms with Crippen LogP contribution < -0.4 is 15.4 Å². The Morgan fingerprint density at radius 2 is 1.69 bits per heavy atom. The van der Waals surface area contributed by atoms with Crippen molar-refractivity contribution >= 4 is 17.8 Å². The summed E-state index contributed by atoms with van der Waals surface area (Å²) in [6.45, 7) is 1.28. The molecule has 0 aliphatic carbocycles. The summed E-state index contributed by atoms with van der Waals surface area (Å²) < 4.78 is 10.1. The Morgan fingerprint density at radius 3 is 2.38 bits per heavy atom. The van der Waals surface area contributed by atoms with E-state index in [1.165, 1.54) is 7.11 Å². The standard InChI is InChI=1S/C22H26N2O5/c1-3-9-18(16-10-5-4-6-11-16)24-20(25)15-29-21(26)14-23-22(27)17-12-7-8-13-19(17)28-2/h4-8,10-13,18H,3,9,14-15H2,1-2H3,(H,23,27)(H,24,25). The lowest BCUT2D eigenvalue weighted by molar-refractivity contribution is -0.147. The Morgan fingerprint density at radius 1 is 1.00 bits per heavy atom. The molecule has 7 nitrogen and oxygen atoms in total. The number of benzene rings is 2. The number of nitrogens with one attached hydrogen (secondary N) is 2. The van der Waals surface area contributed by atoms with Crippen molar-refractivity contribution < 1.29 is 23.9 Å². The summed E-state index contributed by atoms with van der Waals surface area (Å²) in [7, 11) is 1.46. The molecule has 0 saturated carbocycles. The Bertz CT molecular complexity index is 823. The van der Waals surface area contributed by atoms with Gasteiger partial charge >= 0.3 is 5.97 Å². The summed E-state index contributed by atoms with van der Waals surface area (Å²) in [6.07, 6.45) is 1.67. The zero-order chi connectivity index (χ0) is 21.1. The van der Waals surface area contributed by atoms with Gasteiger partial charge in [0, 0.05) is 0 Å². The number of methoxy groups -OCH3 is 1. The zero-order valence-electron chi connectivity index (χ0n) is 16.6. The van der Waals surface area contributed by atoms with E-state index in [1.54, 1.807) is 24.3 Å². The topological polar surface area (TPSA) is 93.7 Å². The Labute approximate surface area is 170 Å². The van der Waals surface area contributed by atoms with E-state index in [1.807, 2.05) is 37.3 Å². The maximum Gasteiger partial charge on any atom is 0.325 e. The lowest BCUT2D eigenvalue weighted by Crippen LogP contribution is -2.35. The summed E-state index contributed by atoms with van der Waals surface area (Å²) >= 11 is 0. The fourth-order valence-corrected chi connectivity index (χ4v) is 2.81. The molecule has 0 saturated heterocycles. The van der Waals surface area contributed by atoms with Crippen LogP contribution in [0.2, 0.25) is 0 Å². The van der Waals surface area contributed by atoms with Gasteiger partial charge in [0.1, 0.15) is 12.3 Å². The number of hydrogen-bond donors (Lipinski definition) is 2. The van der Waals surface area contributed by atoms with Gasteiger partial charge in [0.25, 0.3) is 11.8 Å². The van der Waals surface area contributed by atoms with E-state index in [9.17, 15) is 14.4 Å². The van der Waals surface area contributed by atoms with Crippen molar-refractivity contribution in [2.75, 3.05) is 20.3 Å². The van der Waals surface area contributed by atoms with Crippen LogP contribution in [0.4, 0.5) is 0 Å². The minimum absolute atomic E-state index is 0.141. The predicted molar refractivity (Wildman–Crippen MR) is 109 cm³/mol. The van der Waals surface area contributed by atoms with Gasteiger partial charge in [-0.1, -0.05) is 55.8 Å². The number of para-hydroxylation sites is 1. The van der Waals surface area contributed by atoms with Crippen molar-refractivity contribution in [2.24, 2.45) is 0 Å². The van der Waals surface area contributed by atoms with Gasteiger partial charge in [0.05, 0.1) is 18.7 Å². The highest BCUT2D eigenvalue weighted by molar-refractivity contribution is 5.98. The molecule has 0 spiro atoms. The van der Waals surface area contributed by atoms with Gasteiger partial charge in [0.15, 0.2) is 6.61 Å². The van der Waals surface area contributed by atoms with Crippen LogP contribution in [0.3, 0.4) is 0 Å². The SMILES string of the molecule is CCCC(NC(=O)COC(=O)CNC(=O)c1ccccc1OC)c1ccccc1. The average molecular weight is 398 g/mol. The van der Waals surface area contributed by atoms with Gasteiger partial charge in [-0.05, 0) is 24.1 Å². The highest BCUT2D eigenvalue weighted by atomic mass is 16.5. The lowest BCUT2D eigenvalue weighted by atomic mass is 10.0. The molecule has 0 radical (unpaired) electrons. The van der Waals surface area contributed by atoms with E-state index in [-0.39, 0.29) is 12.6 Å². The summed E-state index contributed by atoms with van der Waals surface area (Å²) in [4.78, 5) is 36.2. The van der Waals surface area contributed by atoms with E-state index >= 15 is 0 Å². The maximum absolute atomic E-state index is 12.2. The third kappa shape index (κ3) is 6.95. The van der Waals surface area contributed by atoms with Crippen molar-refractivity contribution in [3.8, 4) is 5.75 Å². The summed E-state index contributed by atoms with van der Waals surface area (Å²) in [5.74, 6) is -1.15. The second-order valence-corrected chi connectivity index (χ2v) is 6.36. The molecule has 2 rings (SSSR count). The van der Waals surface area contributed by atoms with Crippen LogP contribution in [0.5, 0.6) is 5.75 Å². The minimum atomic E-state index is -0.699. The first-order chi connectivity index (χ1) is 14.0. The normalized spacial score (nSPS) is 11.2. The highest BCUT2D eigenvalue weighted by Crippen LogP contribution is 2.18. The van der Waals surface area contributed by atoms with E-state index in [0.717, 1.165) is 18.4 Å². The molecule has 7 heteroatoms. The molecule has 0 aromatic heterocycles. The van der Waals surface area contributed by atoms with Gasteiger partial charge in [-0.15, -0.1) is 0 Å². The van der Waals surface area contributed by atoms with Gasteiger partial charge in [-0.25, -0.2) is 0 Å². The highest BCUT2D eigenvalue weighted by Gasteiger charge is 2.16. The van der Waals surface area contributed by atoms with Crippen LogP contribution >= 0.6 is 0 Å². The molecule has 2 amide bonds. The summed E-state index contributed by atoms with van der Waals surface area (Å²) in [5.41, 5.74) is 1.31. The molecule has 0 aliphatic rings. The Kier molecular flexibility index (Phi) is 8.69. The molecular formula is C22H26N2O5. The van der Waals surface area contributed by atoms with Crippen LogP contribution in [0.1, 0.15) is 41.7 Å². The molecule has 1 unspecified atom stereocenters. The number of esters is 1. The first-order valence-corrected chi connectivity index (χ1v) is 9.46. The van der Waals surface area contributed by atoms with Gasteiger partial charge in [-0.2, -0.15) is 0 Å². The van der Waals surface area contributed by atoms with Crippen LogP contribution in [0.25, 0.3) is 0 Å². The van der Waals surface area contributed by atoms with Gasteiger partial charge in [0.2, 0.25) is 0 Å². The number of carbonyl (C=O) groups is 3. The third-order valence-corrected chi connectivity index (χ3v) is 4.22. The van der Waals surface area contributed by atoms with Gasteiger partial charge < -0.3 is 20.1 Å². The summed E-state index contributed by atoms with van der Waals surface area (Å²) in [6, 6.07) is 16.2. The van der Waals surface area contributed by atoms with E-state index < -0.39 is 24.4 Å². The largest absolute Gasteiger partial charge is 0.496 e. The molecule has 0 bridgehead atoms. The fraction of sp³-hybridized carbons (Fsp3) is 0.318. The van der Waals surface area contributed by atoms with Crippen LogP contribution in [-0.4, -0.2) is 38.0 Å². The second-order valence-electron chi connectivity index (χ2n) is 6.36. The molecule has 1 atom stereocenters. The predicted octanol–water partition coefficient (Wildman–Crippen LogP) is 2.63. The Balaban J connectivity index is 1.79. The molecule has 2 aromatic carbocycles. The third-order valence-electron chi connectivity index (χ3n) is 4.22. The smallest absolute Gasteiger partial charge is 0.325 e. The molecule has 0 aliphatic heterocycles. The number of rotatable bonds is 10. The summed E-state index contributed by atoms with van der Waals surface area (Å²) in [5, 5.41) is 5.33. The van der Waals surface area contributed by atoms with Crippen molar-refractivity contribution in [3.63, 3.8) is 0 Å². The number of hydrogen-bond acceptors (Lipinski definition) is 5. The van der Waals surface area contributed by atoms with Crippen molar-refractivity contribution in [3.05, 3.63) is 65.7 Å². The number of carbonyl (C=O) groups excluding carboxylic acids is 3. The zero-order valence-corrected chi connectivity index (χ0v) is 16.6. The maximum atomic E-state index is 12.2. The molecular weight excluding hydrogens is 372 g/mol. The quantitative estimate of drug-likeness (QED) is 0.600. The molecule has 2 aromatic rings. The van der Waals surface area contributed by atoms with Crippen molar-refractivity contribution in [2.45, 2.75) is 25.8 Å². The van der Waals surface area contributed by atoms with Crippen molar-refractivity contribution in [1.82, 2.24) is 10.6 Å². The molecule has 0 heterocycles. The number of amides is 2. The van der Waals surface area contributed by atoms with Crippen LogP contribution in [0.15, 0.2) is 54.6 Å². The lowest BCUT2D eigenvalue weighted by Gasteiger charge is -2.18. The van der Waals surface area contributed by atoms with Gasteiger partial charge in [-0.3, -0.25) is 14.4 Å². The molecule has 29 heavy (non-hydrogen) atoms. The van der Waals surface area contributed by atoms with E-state index in [2.05, 4.69) is 10.6 Å². The van der Waals surface area contributed by atoms with Crippen LogP contribution in [0, 0.1) is 0 Å². The van der Waals surface area contributed by atoms with Crippen LogP contribution in [-0.2, 0) is 14.3 Å². The van der Waals surface area contributed by atoms with E-state index in [0.29, 0.717) is 11.3 Å². The molecule has 2 N–H and O–H groups in total. The second kappa shape index (κ2) is 11.5. The fourth-order valence-electron chi connectivity index (χ4n) is 2.81. The average Bonchev–Trinajstić information content (AvgIpc) is 2.76. The Hall–Kier alpha value is -3.35. The first-order valence-electron chi connectivity index (χ1n) is 9.46. The first kappa shape index (κ1) is 21.9. The molecule has 0 fully saturated rings.